The Morgan fingerprint density at radius 1 is 1.40 bits per heavy atom. The van der Waals surface area contributed by atoms with Gasteiger partial charge in [-0.3, -0.25) is 4.79 Å². The van der Waals surface area contributed by atoms with E-state index in [0.717, 1.165) is 18.0 Å². The van der Waals surface area contributed by atoms with Gasteiger partial charge in [-0.2, -0.15) is 0 Å². The molecule has 15 heavy (non-hydrogen) atoms. The Morgan fingerprint density at radius 2 is 2.07 bits per heavy atom. The molecule has 0 bridgehead atoms. The molecule has 78 valence electrons. The lowest BCUT2D eigenvalue weighted by atomic mass is 10.2. The zero-order valence-electron chi connectivity index (χ0n) is 8.23. The lowest BCUT2D eigenvalue weighted by Crippen LogP contribution is -2.02. The van der Waals surface area contributed by atoms with Crippen LogP contribution in [0.25, 0.3) is 0 Å². The van der Waals surface area contributed by atoms with Gasteiger partial charge in [0.25, 0.3) is 0 Å². The van der Waals surface area contributed by atoms with Crippen LogP contribution in [0.15, 0.2) is 42.0 Å². The first-order chi connectivity index (χ1) is 7.15. The van der Waals surface area contributed by atoms with Crippen LogP contribution >= 0.6 is 11.8 Å². The van der Waals surface area contributed by atoms with Gasteiger partial charge in [0.05, 0.1) is 11.8 Å². The third-order valence-electron chi connectivity index (χ3n) is 1.55. The van der Waals surface area contributed by atoms with Crippen molar-refractivity contribution in [1.82, 2.24) is 0 Å². The summed E-state index contributed by atoms with van der Waals surface area (Å²) in [4.78, 5) is 23.0. The van der Waals surface area contributed by atoms with E-state index in [4.69, 9.17) is 0 Å². The zero-order chi connectivity index (χ0) is 11.3. The number of benzene rings is 1. The van der Waals surface area contributed by atoms with Crippen LogP contribution < -0.4 is 0 Å². The number of rotatable bonds is 3. The van der Waals surface area contributed by atoms with Gasteiger partial charge in [0.15, 0.2) is 5.12 Å². The van der Waals surface area contributed by atoms with Crippen LogP contribution in [0.3, 0.4) is 0 Å². The summed E-state index contributed by atoms with van der Waals surface area (Å²) < 4.78 is 4.65. The average molecular weight is 222 g/mol. The van der Waals surface area contributed by atoms with E-state index >= 15 is 0 Å². The molecular weight excluding hydrogens is 212 g/mol. The predicted octanol–water partition coefficient (Wildman–Crippen LogP) is 2.63. The van der Waals surface area contributed by atoms with E-state index in [9.17, 15) is 9.59 Å². The standard InChI is InChI=1S/C11H10O3S/c1-3-14-11(13)9-6-4-5-7-10(9)15-8(2)12/h3-7H,1H2,2H3. The molecule has 1 aromatic rings. The summed E-state index contributed by atoms with van der Waals surface area (Å²) in [7, 11) is 0. The first-order valence-electron chi connectivity index (χ1n) is 4.24. The number of carbonyl (C=O) groups is 2. The van der Waals surface area contributed by atoms with Crippen LogP contribution in [0.5, 0.6) is 0 Å². The fourth-order valence-corrected chi connectivity index (χ4v) is 1.74. The quantitative estimate of drug-likeness (QED) is 0.448. The van der Waals surface area contributed by atoms with Gasteiger partial charge in [-0.25, -0.2) is 4.79 Å². The van der Waals surface area contributed by atoms with Gasteiger partial charge < -0.3 is 4.74 Å². The van der Waals surface area contributed by atoms with Gasteiger partial charge in [0, 0.05) is 11.8 Å². The average Bonchev–Trinajstić information content (AvgIpc) is 2.18. The van der Waals surface area contributed by atoms with Crippen molar-refractivity contribution >= 4 is 22.8 Å². The molecule has 0 aliphatic rings. The molecule has 0 fully saturated rings. The fraction of sp³-hybridized carbons (Fsp3) is 0.0909. The largest absolute Gasteiger partial charge is 0.432 e. The number of esters is 1. The van der Waals surface area contributed by atoms with Crippen LogP contribution in [0.4, 0.5) is 0 Å². The molecule has 1 aromatic carbocycles. The summed E-state index contributed by atoms with van der Waals surface area (Å²) in [6.45, 7) is 4.74. The van der Waals surface area contributed by atoms with E-state index in [1.165, 1.54) is 6.92 Å². The monoisotopic (exact) mass is 222 g/mol. The number of hydrogen-bond donors (Lipinski definition) is 0. The van der Waals surface area contributed by atoms with Crippen LogP contribution in [0, 0.1) is 0 Å². The molecule has 0 saturated carbocycles. The number of carbonyl (C=O) groups excluding carboxylic acids is 2. The van der Waals surface area contributed by atoms with Gasteiger partial charge in [-0.1, -0.05) is 30.5 Å². The zero-order valence-corrected chi connectivity index (χ0v) is 9.04. The van der Waals surface area contributed by atoms with E-state index in [1.807, 2.05) is 0 Å². The molecule has 0 amide bonds. The summed E-state index contributed by atoms with van der Waals surface area (Å²) in [5.74, 6) is -0.505. The third kappa shape index (κ3) is 3.25. The first kappa shape index (κ1) is 11.5. The predicted molar refractivity (Wildman–Crippen MR) is 58.6 cm³/mol. The van der Waals surface area contributed by atoms with E-state index in [0.29, 0.717) is 10.5 Å². The van der Waals surface area contributed by atoms with E-state index in [2.05, 4.69) is 11.3 Å². The summed E-state index contributed by atoms with van der Waals surface area (Å²) in [6.07, 6.45) is 1.07. The van der Waals surface area contributed by atoms with Crippen molar-refractivity contribution in [3.63, 3.8) is 0 Å². The maximum absolute atomic E-state index is 11.4. The molecule has 0 spiro atoms. The van der Waals surface area contributed by atoms with Gasteiger partial charge in [0.2, 0.25) is 0 Å². The Morgan fingerprint density at radius 3 is 2.67 bits per heavy atom. The normalized spacial score (nSPS) is 9.40. The maximum Gasteiger partial charge on any atom is 0.344 e. The fourth-order valence-electron chi connectivity index (χ4n) is 1.02. The Kier molecular flexibility index (Phi) is 4.12. The van der Waals surface area contributed by atoms with Crippen molar-refractivity contribution in [1.29, 1.82) is 0 Å². The van der Waals surface area contributed by atoms with Crippen LogP contribution in [-0.4, -0.2) is 11.1 Å². The highest BCUT2D eigenvalue weighted by Crippen LogP contribution is 2.23. The van der Waals surface area contributed by atoms with Crippen molar-refractivity contribution in [2.24, 2.45) is 0 Å². The number of thioether (sulfide) groups is 1. The Labute approximate surface area is 92.1 Å². The van der Waals surface area contributed by atoms with Gasteiger partial charge >= 0.3 is 5.97 Å². The van der Waals surface area contributed by atoms with Crippen LogP contribution in [-0.2, 0) is 9.53 Å². The minimum Gasteiger partial charge on any atom is -0.432 e. The molecule has 0 radical (unpaired) electrons. The van der Waals surface area contributed by atoms with Crippen molar-refractivity contribution in [3.05, 3.63) is 42.7 Å². The highest BCUT2D eigenvalue weighted by Gasteiger charge is 2.12. The van der Waals surface area contributed by atoms with Gasteiger partial charge in [-0.15, -0.1) is 0 Å². The molecule has 0 aromatic heterocycles. The van der Waals surface area contributed by atoms with Crippen molar-refractivity contribution in [2.75, 3.05) is 0 Å². The van der Waals surface area contributed by atoms with Crippen LogP contribution in [0.2, 0.25) is 0 Å². The SMILES string of the molecule is C=COC(=O)c1ccccc1SC(C)=O. The molecule has 0 heterocycles. The van der Waals surface area contributed by atoms with Crippen molar-refractivity contribution in [3.8, 4) is 0 Å². The summed E-state index contributed by atoms with van der Waals surface area (Å²) in [5, 5.41) is -0.0751. The molecule has 0 N–H and O–H groups in total. The molecule has 0 unspecified atom stereocenters. The third-order valence-corrected chi connectivity index (χ3v) is 2.41. The summed E-state index contributed by atoms with van der Waals surface area (Å²) >= 11 is 1.01. The van der Waals surface area contributed by atoms with Gasteiger partial charge in [0.1, 0.15) is 0 Å². The van der Waals surface area contributed by atoms with Gasteiger partial charge in [-0.05, 0) is 12.1 Å². The number of ether oxygens (including phenoxy) is 1. The highest BCUT2D eigenvalue weighted by atomic mass is 32.2. The van der Waals surface area contributed by atoms with Crippen molar-refractivity contribution in [2.45, 2.75) is 11.8 Å². The lowest BCUT2D eigenvalue weighted by molar-refractivity contribution is -0.109. The highest BCUT2D eigenvalue weighted by molar-refractivity contribution is 8.13. The molecule has 4 heteroatoms. The minimum atomic E-state index is -0.505. The molecule has 0 atom stereocenters. The van der Waals surface area contributed by atoms with E-state index < -0.39 is 5.97 Å². The molecule has 0 aliphatic carbocycles. The second-order valence-corrected chi connectivity index (χ2v) is 3.88. The Bertz CT molecular complexity index is 399. The van der Waals surface area contributed by atoms with E-state index in [1.54, 1.807) is 24.3 Å². The minimum absolute atomic E-state index is 0.0751. The number of hydrogen-bond acceptors (Lipinski definition) is 4. The molecular formula is C11H10O3S. The molecule has 0 saturated heterocycles. The maximum atomic E-state index is 11.4. The van der Waals surface area contributed by atoms with E-state index in [-0.39, 0.29) is 5.12 Å². The van der Waals surface area contributed by atoms with Crippen molar-refractivity contribution < 1.29 is 14.3 Å². The Balaban J connectivity index is 3.00. The second kappa shape index (κ2) is 5.36. The second-order valence-electron chi connectivity index (χ2n) is 2.66. The lowest BCUT2D eigenvalue weighted by Gasteiger charge is -2.04. The first-order valence-corrected chi connectivity index (χ1v) is 5.06. The van der Waals surface area contributed by atoms with Crippen LogP contribution in [0.1, 0.15) is 17.3 Å². The topological polar surface area (TPSA) is 43.4 Å². The molecule has 3 nitrogen and oxygen atoms in total. The molecule has 1 rings (SSSR count). The summed E-state index contributed by atoms with van der Waals surface area (Å²) in [6, 6.07) is 6.78. The Hall–Kier alpha value is -1.55. The molecule has 0 aliphatic heterocycles. The smallest absolute Gasteiger partial charge is 0.344 e. The summed E-state index contributed by atoms with van der Waals surface area (Å²) in [5.41, 5.74) is 0.373.